The topological polar surface area (TPSA) is 88.3 Å². The van der Waals surface area contributed by atoms with E-state index in [1.165, 1.54) is 0 Å². The number of hydrogen-bond acceptors (Lipinski definition) is 5. The summed E-state index contributed by atoms with van der Waals surface area (Å²) in [4.78, 5) is 30.4. The zero-order valence-electron chi connectivity index (χ0n) is 12.8. The van der Waals surface area contributed by atoms with Crippen LogP contribution in [0.2, 0.25) is 0 Å². The highest BCUT2D eigenvalue weighted by Gasteiger charge is 2.38. The average molecular weight is 294 g/mol. The molecule has 0 saturated carbocycles. The summed E-state index contributed by atoms with van der Waals surface area (Å²) in [6, 6.07) is -0.815. The molecule has 1 aromatic rings. The molecule has 7 nitrogen and oxygen atoms in total. The van der Waals surface area contributed by atoms with E-state index in [2.05, 4.69) is 15.5 Å². The average Bonchev–Trinajstić information content (AvgIpc) is 2.86. The summed E-state index contributed by atoms with van der Waals surface area (Å²) >= 11 is 0. The van der Waals surface area contributed by atoms with Crippen LogP contribution in [0, 0.1) is 6.92 Å². The molecule has 0 aromatic carbocycles. The number of piperazine rings is 1. The number of nitrogens with zero attached hydrogens (tertiary/aromatic N) is 3. The number of hydrogen-bond donors (Lipinski definition) is 1. The number of carbonyl (C=O) groups excluding carboxylic acids is 2. The van der Waals surface area contributed by atoms with Crippen molar-refractivity contribution >= 4 is 11.8 Å². The largest absolute Gasteiger partial charge is 0.343 e. The van der Waals surface area contributed by atoms with Gasteiger partial charge in [0.15, 0.2) is 5.82 Å². The summed E-state index contributed by atoms with van der Waals surface area (Å²) in [5.41, 5.74) is 0. The van der Waals surface area contributed by atoms with E-state index in [1.807, 2.05) is 13.8 Å². The lowest BCUT2D eigenvalue weighted by molar-refractivity contribution is -0.149. The zero-order valence-corrected chi connectivity index (χ0v) is 12.8. The normalized spacial score (nSPS) is 22.5. The number of aromatic nitrogens is 2. The van der Waals surface area contributed by atoms with Crippen LogP contribution >= 0.6 is 0 Å². The summed E-state index contributed by atoms with van der Waals surface area (Å²) in [5, 5.41) is 6.55. The van der Waals surface area contributed by atoms with E-state index in [-0.39, 0.29) is 11.8 Å². The van der Waals surface area contributed by atoms with Crippen molar-refractivity contribution in [1.29, 1.82) is 0 Å². The Bertz CT molecular complexity index is 514. The summed E-state index contributed by atoms with van der Waals surface area (Å²) in [6.07, 6.45) is 2.58. The van der Waals surface area contributed by atoms with Gasteiger partial charge in [0.1, 0.15) is 12.1 Å². The van der Waals surface area contributed by atoms with Crippen molar-refractivity contribution in [3.05, 3.63) is 11.7 Å². The second kappa shape index (κ2) is 6.69. The van der Waals surface area contributed by atoms with Crippen LogP contribution in [0.5, 0.6) is 0 Å². The summed E-state index contributed by atoms with van der Waals surface area (Å²) in [6.45, 7) is 6.07. The second-order valence-electron chi connectivity index (χ2n) is 5.29. The molecule has 7 heteroatoms. The van der Waals surface area contributed by atoms with Crippen LogP contribution in [-0.4, -0.2) is 45.5 Å². The quantitative estimate of drug-likeness (QED) is 0.839. The molecule has 1 aromatic heterocycles. The Morgan fingerprint density at radius 2 is 2.10 bits per heavy atom. The third-order valence-electron chi connectivity index (χ3n) is 3.68. The SMILES string of the molecule is CCCC1NC(=O)C(CC)N(CCc2nc(C)no2)C1=O. The standard InChI is InChI=1S/C14H22N4O3/c1-4-6-10-14(20)18(11(5-2)13(19)16-10)8-7-12-15-9(3)17-21-12/h10-11H,4-8H2,1-3H3,(H,16,19). The molecule has 0 radical (unpaired) electrons. The highest BCUT2D eigenvalue weighted by molar-refractivity contribution is 5.96. The highest BCUT2D eigenvalue weighted by atomic mass is 16.5. The molecule has 0 aliphatic carbocycles. The van der Waals surface area contributed by atoms with Gasteiger partial charge in [-0.2, -0.15) is 4.98 Å². The number of aryl methyl sites for hydroxylation is 1. The minimum Gasteiger partial charge on any atom is -0.343 e. The Labute approximate surface area is 124 Å². The molecule has 2 atom stereocenters. The van der Waals surface area contributed by atoms with Gasteiger partial charge >= 0.3 is 0 Å². The first kappa shape index (κ1) is 15.5. The Balaban J connectivity index is 2.07. The van der Waals surface area contributed by atoms with Crippen LogP contribution in [0.15, 0.2) is 4.52 Å². The van der Waals surface area contributed by atoms with Crippen molar-refractivity contribution in [1.82, 2.24) is 20.4 Å². The maximum absolute atomic E-state index is 12.5. The fourth-order valence-electron chi connectivity index (χ4n) is 2.64. The fourth-order valence-corrected chi connectivity index (χ4v) is 2.64. The van der Waals surface area contributed by atoms with E-state index in [1.54, 1.807) is 11.8 Å². The molecule has 21 heavy (non-hydrogen) atoms. The minimum absolute atomic E-state index is 0.0143. The Hall–Kier alpha value is -1.92. The van der Waals surface area contributed by atoms with Gasteiger partial charge in [-0.3, -0.25) is 9.59 Å². The van der Waals surface area contributed by atoms with E-state index >= 15 is 0 Å². The first-order chi connectivity index (χ1) is 10.1. The van der Waals surface area contributed by atoms with Crippen molar-refractivity contribution in [3.8, 4) is 0 Å². The molecule has 1 fully saturated rings. The fraction of sp³-hybridized carbons (Fsp3) is 0.714. The first-order valence-corrected chi connectivity index (χ1v) is 7.46. The van der Waals surface area contributed by atoms with Gasteiger partial charge in [-0.15, -0.1) is 0 Å². The number of rotatable bonds is 6. The lowest BCUT2D eigenvalue weighted by Gasteiger charge is -2.38. The van der Waals surface area contributed by atoms with Gasteiger partial charge in [0, 0.05) is 13.0 Å². The van der Waals surface area contributed by atoms with Gasteiger partial charge in [-0.1, -0.05) is 25.4 Å². The van der Waals surface area contributed by atoms with Crippen molar-refractivity contribution in [3.63, 3.8) is 0 Å². The van der Waals surface area contributed by atoms with Crippen molar-refractivity contribution in [2.24, 2.45) is 0 Å². The Morgan fingerprint density at radius 1 is 1.33 bits per heavy atom. The minimum atomic E-state index is -0.408. The van der Waals surface area contributed by atoms with E-state index in [4.69, 9.17) is 4.52 Å². The molecule has 2 heterocycles. The Morgan fingerprint density at radius 3 is 2.67 bits per heavy atom. The first-order valence-electron chi connectivity index (χ1n) is 7.46. The summed E-state index contributed by atoms with van der Waals surface area (Å²) < 4.78 is 5.06. The van der Waals surface area contributed by atoms with Crippen LogP contribution in [0.4, 0.5) is 0 Å². The van der Waals surface area contributed by atoms with Gasteiger partial charge in [0.05, 0.1) is 0 Å². The van der Waals surface area contributed by atoms with Gasteiger partial charge in [-0.25, -0.2) is 0 Å². The third kappa shape index (κ3) is 3.40. The second-order valence-corrected chi connectivity index (χ2v) is 5.29. The maximum Gasteiger partial charge on any atom is 0.245 e. The van der Waals surface area contributed by atoms with E-state index in [9.17, 15) is 9.59 Å². The molecule has 1 saturated heterocycles. The van der Waals surface area contributed by atoms with Gasteiger partial charge < -0.3 is 14.7 Å². The maximum atomic E-state index is 12.5. The molecule has 1 N–H and O–H groups in total. The molecule has 2 unspecified atom stereocenters. The lowest BCUT2D eigenvalue weighted by Crippen LogP contribution is -2.63. The van der Waals surface area contributed by atoms with Gasteiger partial charge in [0.25, 0.3) is 0 Å². The van der Waals surface area contributed by atoms with Crippen molar-refractivity contribution in [2.45, 2.75) is 58.5 Å². The molecule has 1 aliphatic rings. The molecular formula is C14H22N4O3. The van der Waals surface area contributed by atoms with E-state index < -0.39 is 12.1 Å². The monoisotopic (exact) mass is 294 g/mol. The van der Waals surface area contributed by atoms with Crippen molar-refractivity contribution in [2.75, 3.05) is 6.54 Å². The van der Waals surface area contributed by atoms with Gasteiger partial charge in [0.2, 0.25) is 17.7 Å². The van der Waals surface area contributed by atoms with Crippen LogP contribution < -0.4 is 5.32 Å². The summed E-state index contributed by atoms with van der Waals surface area (Å²) in [7, 11) is 0. The third-order valence-corrected chi connectivity index (χ3v) is 3.68. The van der Waals surface area contributed by atoms with Crippen LogP contribution in [-0.2, 0) is 16.0 Å². The number of amides is 2. The molecule has 2 rings (SSSR count). The molecule has 0 bridgehead atoms. The van der Waals surface area contributed by atoms with Crippen LogP contribution in [0.1, 0.15) is 44.8 Å². The molecule has 116 valence electrons. The van der Waals surface area contributed by atoms with Crippen LogP contribution in [0.3, 0.4) is 0 Å². The van der Waals surface area contributed by atoms with E-state index in [0.29, 0.717) is 37.5 Å². The predicted molar refractivity (Wildman–Crippen MR) is 75.4 cm³/mol. The number of carbonyl (C=O) groups is 2. The smallest absolute Gasteiger partial charge is 0.245 e. The highest BCUT2D eigenvalue weighted by Crippen LogP contribution is 2.16. The predicted octanol–water partition coefficient (Wildman–Crippen LogP) is 0.826. The molecule has 0 spiro atoms. The zero-order chi connectivity index (χ0) is 15.4. The van der Waals surface area contributed by atoms with E-state index in [0.717, 1.165) is 6.42 Å². The lowest BCUT2D eigenvalue weighted by atomic mass is 10.0. The van der Waals surface area contributed by atoms with Gasteiger partial charge in [-0.05, 0) is 19.8 Å². The van der Waals surface area contributed by atoms with Crippen molar-refractivity contribution < 1.29 is 14.1 Å². The molecule has 2 amide bonds. The molecule has 1 aliphatic heterocycles. The number of nitrogens with one attached hydrogen (secondary N) is 1. The Kier molecular flexibility index (Phi) is 4.93. The summed E-state index contributed by atoms with van der Waals surface area (Å²) in [5.74, 6) is 0.980. The molecular weight excluding hydrogens is 272 g/mol. The van der Waals surface area contributed by atoms with Crippen LogP contribution in [0.25, 0.3) is 0 Å².